The van der Waals surface area contributed by atoms with Gasteiger partial charge in [0.05, 0.1) is 6.04 Å². The summed E-state index contributed by atoms with van der Waals surface area (Å²) in [5.74, 6) is 0.0971. The maximum absolute atomic E-state index is 12.8. The summed E-state index contributed by atoms with van der Waals surface area (Å²) < 4.78 is 2.10. The highest BCUT2D eigenvalue weighted by atomic mass is 16.1. The molecule has 4 heteroatoms. The van der Waals surface area contributed by atoms with Crippen LogP contribution in [0, 0.1) is 6.92 Å². The second-order valence-corrected chi connectivity index (χ2v) is 8.06. The normalized spacial score (nSPS) is 15.5. The van der Waals surface area contributed by atoms with E-state index in [2.05, 4.69) is 28.1 Å². The van der Waals surface area contributed by atoms with Gasteiger partial charge in [-0.3, -0.25) is 9.59 Å². The Morgan fingerprint density at radius 1 is 1.07 bits per heavy atom. The van der Waals surface area contributed by atoms with Crippen molar-refractivity contribution in [1.29, 1.82) is 0 Å². The number of rotatable bonds is 6. The number of carbonyl (C=O) groups excluding carboxylic acids is 2. The summed E-state index contributed by atoms with van der Waals surface area (Å²) in [5, 5.41) is 3.23. The van der Waals surface area contributed by atoms with Gasteiger partial charge < -0.3 is 9.88 Å². The molecule has 1 N–H and O–H groups in total. The minimum Gasteiger partial charge on any atom is -0.349 e. The number of fused-ring (bicyclic) bond motifs is 1. The van der Waals surface area contributed by atoms with Gasteiger partial charge in [-0.15, -0.1) is 0 Å². The molecule has 1 heterocycles. The number of aryl methyl sites for hydroxylation is 1. The molecular weight excluding hydrogens is 372 g/mol. The molecule has 0 spiro atoms. The molecule has 154 valence electrons. The van der Waals surface area contributed by atoms with E-state index in [-0.39, 0.29) is 17.7 Å². The van der Waals surface area contributed by atoms with Crippen LogP contribution in [0.2, 0.25) is 0 Å². The zero-order chi connectivity index (χ0) is 21.1. The van der Waals surface area contributed by atoms with E-state index in [1.807, 2.05) is 49.4 Å². The van der Waals surface area contributed by atoms with Crippen molar-refractivity contribution in [2.75, 3.05) is 0 Å². The number of ketones is 1. The second-order valence-electron chi connectivity index (χ2n) is 8.06. The maximum atomic E-state index is 12.8. The number of nitrogens with zero attached hydrogens (tertiary/aromatic N) is 1. The lowest BCUT2D eigenvalue weighted by Gasteiger charge is -2.26. The summed E-state index contributed by atoms with van der Waals surface area (Å²) in [4.78, 5) is 24.9. The third kappa shape index (κ3) is 4.09. The van der Waals surface area contributed by atoms with Crippen LogP contribution in [0.1, 0.15) is 59.4 Å². The van der Waals surface area contributed by atoms with Gasteiger partial charge in [0, 0.05) is 29.9 Å². The Labute approximate surface area is 177 Å². The van der Waals surface area contributed by atoms with Crippen molar-refractivity contribution < 1.29 is 9.59 Å². The molecule has 1 atom stereocenters. The Bertz CT molecular complexity index is 1070. The lowest BCUT2D eigenvalue weighted by Crippen LogP contribution is -2.31. The first-order valence-electron chi connectivity index (χ1n) is 10.7. The highest BCUT2D eigenvalue weighted by Gasteiger charge is 2.22. The van der Waals surface area contributed by atoms with Gasteiger partial charge in [-0.05, 0) is 55.9 Å². The maximum Gasteiger partial charge on any atom is 0.222 e. The molecule has 1 unspecified atom stereocenters. The lowest BCUT2D eigenvalue weighted by molar-refractivity contribution is -0.122. The van der Waals surface area contributed by atoms with E-state index in [9.17, 15) is 9.59 Å². The molecule has 1 amide bonds. The first kappa shape index (κ1) is 20.1. The fourth-order valence-electron chi connectivity index (χ4n) is 4.52. The molecule has 1 aliphatic rings. The molecule has 0 radical (unpaired) electrons. The number of hydrogen-bond donors (Lipinski definition) is 1. The molecule has 0 saturated carbocycles. The zero-order valence-corrected chi connectivity index (χ0v) is 17.7. The summed E-state index contributed by atoms with van der Waals surface area (Å²) in [7, 11) is 0. The quantitative estimate of drug-likeness (QED) is 0.575. The predicted molar refractivity (Wildman–Crippen MR) is 119 cm³/mol. The Kier molecular flexibility index (Phi) is 5.84. The van der Waals surface area contributed by atoms with Crippen LogP contribution in [0.4, 0.5) is 0 Å². The topological polar surface area (TPSA) is 51.1 Å². The van der Waals surface area contributed by atoms with Crippen LogP contribution in [0.5, 0.6) is 0 Å². The number of aromatic nitrogens is 1. The van der Waals surface area contributed by atoms with E-state index in [0.29, 0.717) is 13.0 Å². The van der Waals surface area contributed by atoms with Gasteiger partial charge in [0.1, 0.15) is 0 Å². The predicted octanol–water partition coefficient (Wildman–Crippen LogP) is 5.25. The van der Waals surface area contributed by atoms with Gasteiger partial charge in [-0.2, -0.15) is 0 Å². The number of amides is 1. The monoisotopic (exact) mass is 400 g/mol. The number of carbonyl (C=O) groups is 2. The Morgan fingerprint density at radius 2 is 1.80 bits per heavy atom. The molecule has 0 saturated heterocycles. The standard InChI is InChI=1S/C26H28N2O2/c1-18-23(19(2)29)17-25(21-10-4-3-5-11-21)28(18)16-15-26(30)27-24-14-8-12-20-9-6-7-13-22(20)24/h3-7,9-11,13,17,24H,8,12,14-16H2,1-2H3,(H,27,30). The second kappa shape index (κ2) is 8.70. The summed E-state index contributed by atoms with van der Waals surface area (Å²) in [5.41, 5.74) is 6.25. The SMILES string of the molecule is CC(=O)c1cc(-c2ccccc2)n(CCC(=O)NC2CCCc3ccccc32)c1C. The van der Waals surface area contributed by atoms with E-state index >= 15 is 0 Å². The third-order valence-corrected chi connectivity index (χ3v) is 6.08. The molecule has 2 aromatic carbocycles. The molecule has 4 nitrogen and oxygen atoms in total. The van der Waals surface area contributed by atoms with E-state index in [0.717, 1.165) is 41.8 Å². The fraction of sp³-hybridized carbons (Fsp3) is 0.308. The van der Waals surface area contributed by atoms with E-state index in [1.165, 1.54) is 11.1 Å². The molecule has 1 aromatic heterocycles. The third-order valence-electron chi connectivity index (χ3n) is 6.08. The summed E-state index contributed by atoms with van der Waals surface area (Å²) in [6, 6.07) is 20.5. The van der Waals surface area contributed by atoms with Gasteiger partial charge in [0.2, 0.25) is 5.91 Å². The minimum absolute atomic E-state index is 0.0479. The smallest absolute Gasteiger partial charge is 0.222 e. The minimum atomic E-state index is 0.0479. The number of nitrogens with one attached hydrogen (secondary N) is 1. The largest absolute Gasteiger partial charge is 0.349 e. The van der Waals surface area contributed by atoms with Crippen LogP contribution >= 0.6 is 0 Å². The van der Waals surface area contributed by atoms with Crippen LogP contribution in [-0.4, -0.2) is 16.3 Å². The van der Waals surface area contributed by atoms with Crippen molar-refractivity contribution in [3.63, 3.8) is 0 Å². The highest BCUT2D eigenvalue weighted by molar-refractivity contribution is 5.96. The number of benzene rings is 2. The van der Waals surface area contributed by atoms with E-state index in [1.54, 1.807) is 6.92 Å². The van der Waals surface area contributed by atoms with Crippen LogP contribution in [0.15, 0.2) is 60.7 Å². The summed E-state index contributed by atoms with van der Waals surface area (Å²) in [6.07, 6.45) is 3.54. The molecule has 0 aliphatic heterocycles. The molecule has 1 aliphatic carbocycles. The molecule has 4 rings (SSSR count). The summed E-state index contributed by atoms with van der Waals surface area (Å²) in [6.45, 7) is 4.09. The van der Waals surface area contributed by atoms with Gasteiger partial charge >= 0.3 is 0 Å². The number of hydrogen-bond acceptors (Lipinski definition) is 2. The van der Waals surface area contributed by atoms with Crippen molar-refractivity contribution in [2.45, 2.75) is 52.1 Å². The van der Waals surface area contributed by atoms with Gasteiger partial charge in [-0.25, -0.2) is 0 Å². The lowest BCUT2D eigenvalue weighted by atomic mass is 9.87. The van der Waals surface area contributed by atoms with Gasteiger partial charge in [-0.1, -0.05) is 54.6 Å². The molecule has 0 bridgehead atoms. The Morgan fingerprint density at radius 3 is 2.57 bits per heavy atom. The summed E-state index contributed by atoms with van der Waals surface area (Å²) >= 11 is 0. The van der Waals surface area contributed by atoms with Crippen LogP contribution in [0.25, 0.3) is 11.3 Å². The zero-order valence-electron chi connectivity index (χ0n) is 17.7. The highest BCUT2D eigenvalue weighted by Crippen LogP contribution is 2.30. The molecule has 0 fully saturated rings. The average Bonchev–Trinajstić information content (AvgIpc) is 3.10. The first-order chi connectivity index (χ1) is 14.5. The fourth-order valence-corrected chi connectivity index (χ4v) is 4.52. The van der Waals surface area contributed by atoms with Crippen LogP contribution in [0.3, 0.4) is 0 Å². The van der Waals surface area contributed by atoms with Crippen molar-refractivity contribution >= 4 is 11.7 Å². The average molecular weight is 401 g/mol. The van der Waals surface area contributed by atoms with Gasteiger partial charge in [0.25, 0.3) is 0 Å². The van der Waals surface area contributed by atoms with E-state index in [4.69, 9.17) is 0 Å². The molecule has 30 heavy (non-hydrogen) atoms. The van der Waals surface area contributed by atoms with Crippen molar-refractivity contribution in [3.8, 4) is 11.3 Å². The van der Waals surface area contributed by atoms with Gasteiger partial charge in [0.15, 0.2) is 5.78 Å². The first-order valence-corrected chi connectivity index (χ1v) is 10.7. The molecular formula is C26H28N2O2. The number of Topliss-reactive ketones (excluding diaryl/α,β-unsaturated/α-hetero) is 1. The van der Waals surface area contributed by atoms with Crippen molar-refractivity contribution in [3.05, 3.63) is 83.0 Å². The van der Waals surface area contributed by atoms with E-state index < -0.39 is 0 Å². The Hall–Kier alpha value is -3.14. The van der Waals surface area contributed by atoms with Crippen molar-refractivity contribution in [1.82, 2.24) is 9.88 Å². The van der Waals surface area contributed by atoms with Crippen LogP contribution < -0.4 is 5.32 Å². The van der Waals surface area contributed by atoms with Crippen LogP contribution in [-0.2, 0) is 17.8 Å². The Balaban J connectivity index is 1.51. The van der Waals surface area contributed by atoms with Crippen molar-refractivity contribution in [2.24, 2.45) is 0 Å². The molecule has 3 aromatic rings.